The number of aliphatic hydroxyl groups is 1. The molecular formula is C23H26F3N3O3. The Morgan fingerprint density at radius 3 is 2.75 bits per heavy atom. The number of ether oxygens (including phenoxy) is 1. The van der Waals surface area contributed by atoms with E-state index in [0.29, 0.717) is 18.7 Å². The van der Waals surface area contributed by atoms with Gasteiger partial charge in [0.2, 0.25) is 11.8 Å². The number of nitrogens with two attached hydrogens (primary N) is 1. The summed E-state index contributed by atoms with van der Waals surface area (Å²) in [6, 6.07) is 3.72. The van der Waals surface area contributed by atoms with Crippen molar-refractivity contribution in [2.24, 2.45) is 5.73 Å². The molecule has 0 bridgehead atoms. The minimum Gasteiger partial charge on any atom is -0.490 e. The number of hydrogen-bond acceptors (Lipinski definition) is 6. The minimum atomic E-state index is -4.58. The van der Waals surface area contributed by atoms with Gasteiger partial charge in [0.15, 0.2) is 0 Å². The van der Waals surface area contributed by atoms with Crippen LogP contribution in [0.2, 0.25) is 0 Å². The molecule has 2 aliphatic rings. The average Bonchev–Trinajstić information content (AvgIpc) is 3.22. The second-order valence-corrected chi connectivity index (χ2v) is 8.78. The van der Waals surface area contributed by atoms with E-state index in [2.05, 4.69) is 16.3 Å². The van der Waals surface area contributed by atoms with E-state index in [9.17, 15) is 18.3 Å². The molecule has 0 spiro atoms. The van der Waals surface area contributed by atoms with Crippen LogP contribution in [0.4, 0.5) is 13.2 Å². The Morgan fingerprint density at radius 2 is 2.06 bits per heavy atom. The number of allylic oxidation sites excluding steroid dienone is 3. The zero-order valence-electron chi connectivity index (χ0n) is 17.9. The number of benzene rings is 1. The van der Waals surface area contributed by atoms with Crippen LogP contribution in [-0.4, -0.2) is 33.6 Å². The number of hydrogen-bond donors (Lipinski definition) is 2. The largest absolute Gasteiger partial charge is 0.490 e. The second kappa shape index (κ2) is 8.37. The molecule has 3 N–H and O–H groups in total. The van der Waals surface area contributed by atoms with E-state index in [1.807, 2.05) is 6.08 Å². The third-order valence-corrected chi connectivity index (χ3v) is 5.84. The second-order valence-electron chi connectivity index (χ2n) is 8.78. The van der Waals surface area contributed by atoms with Gasteiger partial charge < -0.3 is 20.0 Å². The highest BCUT2D eigenvalue weighted by molar-refractivity contribution is 5.58. The van der Waals surface area contributed by atoms with Crippen LogP contribution in [0, 0.1) is 0 Å². The summed E-state index contributed by atoms with van der Waals surface area (Å²) in [4.78, 5) is 0. The van der Waals surface area contributed by atoms with Crippen molar-refractivity contribution < 1.29 is 27.4 Å². The van der Waals surface area contributed by atoms with Crippen LogP contribution in [0.5, 0.6) is 5.75 Å². The summed E-state index contributed by atoms with van der Waals surface area (Å²) in [5.41, 5.74) is 7.16. The Bertz CT molecular complexity index is 1060. The van der Waals surface area contributed by atoms with Gasteiger partial charge in [0.1, 0.15) is 5.75 Å². The van der Waals surface area contributed by atoms with Crippen molar-refractivity contribution in [3.05, 3.63) is 53.0 Å². The molecule has 0 aliphatic heterocycles. The van der Waals surface area contributed by atoms with Crippen molar-refractivity contribution in [3.63, 3.8) is 0 Å². The van der Waals surface area contributed by atoms with Gasteiger partial charge in [0.25, 0.3) is 0 Å². The highest BCUT2D eigenvalue weighted by Gasteiger charge is 2.36. The summed E-state index contributed by atoms with van der Waals surface area (Å²) >= 11 is 0. The molecule has 0 saturated heterocycles. The summed E-state index contributed by atoms with van der Waals surface area (Å²) in [7, 11) is 0. The van der Waals surface area contributed by atoms with Crippen molar-refractivity contribution in [3.8, 4) is 17.2 Å². The standard InChI is InChI=1S/C23H26F3N3O3/c1-13(2)31-19-6-5-16(10-18(19)23(24,25)26)21-29-28-20(32-21)15-4-3-14-7-8-22(27,12-30)11-17(14)9-15/h3,5-6,9-10,13,15,30H,4,7-8,11-12,27H2,1-2H3/t15?,22-/m0/s1. The Morgan fingerprint density at radius 1 is 1.28 bits per heavy atom. The summed E-state index contributed by atoms with van der Waals surface area (Å²) in [6.07, 6.45) is 1.89. The number of fused-ring (bicyclic) bond motifs is 1. The maximum atomic E-state index is 13.6. The van der Waals surface area contributed by atoms with Gasteiger partial charge in [-0.05, 0) is 68.9 Å². The van der Waals surface area contributed by atoms with Crippen LogP contribution in [0.15, 0.2) is 45.9 Å². The van der Waals surface area contributed by atoms with Gasteiger partial charge in [-0.15, -0.1) is 10.2 Å². The molecule has 0 amide bonds. The molecule has 32 heavy (non-hydrogen) atoms. The fourth-order valence-electron chi connectivity index (χ4n) is 4.15. The average molecular weight is 449 g/mol. The smallest absolute Gasteiger partial charge is 0.419 e. The fraction of sp³-hybridized carbons (Fsp3) is 0.478. The van der Waals surface area contributed by atoms with Crippen LogP contribution in [0.1, 0.15) is 56.9 Å². The topological polar surface area (TPSA) is 94.4 Å². The lowest BCUT2D eigenvalue weighted by molar-refractivity contribution is -0.139. The van der Waals surface area contributed by atoms with E-state index >= 15 is 0 Å². The predicted molar refractivity (Wildman–Crippen MR) is 112 cm³/mol. The number of nitrogens with zero attached hydrogens (tertiary/aromatic N) is 2. The van der Waals surface area contributed by atoms with Gasteiger partial charge in [-0.2, -0.15) is 13.2 Å². The molecule has 2 atom stereocenters. The number of aliphatic hydroxyl groups excluding tert-OH is 1. The van der Waals surface area contributed by atoms with Gasteiger partial charge in [-0.25, -0.2) is 0 Å². The number of alkyl halides is 3. The Hall–Kier alpha value is -2.65. The molecule has 4 rings (SSSR count). The Balaban J connectivity index is 1.60. The van der Waals surface area contributed by atoms with E-state index < -0.39 is 23.4 Å². The molecule has 2 aliphatic carbocycles. The SMILES string of the molecule is CC(C)Oc1ccc(-c2nnc(C3C=C4C[C@](N)(CO)CCC4=CC3)o2)cc1C(F)(F)F. The van der Waals surface area contributed by atoms with Crippen molar-refractivity contribution in [1.29, 1.82) is 0 Å². The van der Waals surface area contributed by atoms with Gasteiger partial charge in [0.05, 0.1) is 24.2 Å². The van der Waals surface area contributed by atoms with Gasteiger partial charge in [-0.1, -0.05) is 12.2 Å². The highest BCUT2D eigenvalue weighted by atomic mass is 19.4. The lowest BCUT2D eigenvalue weighted by Crippen LogP contribution is -2.46. The van der Waals surface area contributed by atoms with E-state index in [1.54, 1.807) is 13.8 Å². The number of rotatable bonds is 5. The monoisotopic (exact) mass is 449 g/mol. The first-order valence-corrected chi connectivity index (χ1v) is 10.6. The van der Waals surface area contributed by atoms with Gasteiger partial charge in [0, 0.05) is 11.1 Å². The van der Waals surface area contributed by atoms with Crippen LogP contribution in [-0.2, 0) is 6.18 Å². The first kappa shape index (κ1) is 22.5. The number of halogens is 3. The predicted octanol–water partition coefficient (Wildman–Crippen LogP) is 4.76. The van der Waals surface area contributed by atoms with Gasteiger partial charge >= 0.3 is 6.18 Å². The normalized spacial score (nSPS) is 23.6. The van der Waals surface area contributed by atoms with E-state index in [0.717, 1.165) is 24.5 Å². The molecule has 172 valence electrons. The van der Waals surface area contributed by atoms with Crippen LogP contribution >= 0.6 is 0 Å². The molecule has 1 heterocycles. The van der Waals surface area contributed by atoms with E-state index in [-0.39, 0.29) is 29.7 Å². The fourth-order valence-corrected chi connectivity index (χ4v) is 4.15. The van der Waals surface area contributed by atoms with Crippen molar-refractivity contribution in [1.82, 2.24) is 10.2 Å². The minimum absolute atomic E-state index is 0.0157. The zero-order chi connectivity index (χ0) is 23.1. The molecule has 1 aromatic heterocycles. The van der Waals surface area contributed by atoms with Crippen LogP contribution in [0.25, 0.3) is 11.5 Å². The molecule has 9 heteroatoms. The maximum absolute atomic E-state index is 13.6. The third-order valence-electron chi connectivity index (χ3n) is 5.84. The van der Waals surface area contributed by atoms with E-state index in [1.165, 1.54) is 17.7 Å². The summed E-state index contributed by atoms with van der Waals surface area (Å²) in [5.74, 6) is -0.0863. The summed E-state index contributed by atoms with van der Waals surface area (Å²) in [6.45, 7) is 3.24. The van der Waals surface area contributed by atoms with Crippen LogP contribution in [0.3, 0.4) is 0 Å². The summed E-state index contributed by atoms with van der Waals surface area (Å²) < 4.78 is 51.7. The maximum Gasteiger partial charge on any atom is 0.419 e. The Kier molecular flexibility index (Phi) is 5.89. The summed E-state index contributed by atoms with van der Waals surface area (Å²) in [5, 5.41) is 17.7. The van der Waals surface area contributed by atoms with Crippen molar-refractivity contribution in [2.45, 2.75) is 63.3 Å². The van der Waals surface area contributed by atoms with Crippen LogP contribution < -0.4 is 10.5 Å². The van der Waals surface area contributed by atoms with Gasteiger partial charge in [-0.3, -0.25) is 0 Å². The highest BCUT2D eigenvalue weighted by Crippen LogP contribution is 2.42. The zero-order valence-corrected chi connectivity index (χ0v) is 17.9. The molecular weight excluding hydrogens is 423 g/mol. The molecule has 1 aromatic carbocycles. The molecule has 0 radical (unpaired) electrons. The first-order valence-electron chi connectivity index (χ1n) is 10.6. The molecule has 6 nitrogen and oxygen atoms in total. The molecule has 2 aromatic rings. The van der Waals surface area contributed by atoms with Crippen molar-refractivity contribution in [2.75, 3.05) is 6.61 Å². The lowest BCUT2D eigenvalue weighted by Gasteiger charge is -2.36. The van der Waals surface area contributed by atoms with E-state index in [4.69, 9.17) is 14.9 Å². The Labute approximate surface area is 184 Å². The molecule has 1 fully saturated rings. The quantitative estimate of drug-likeness (QED) is 0.684. The first-order chi connectivity index (χ1) is 15.1. The lowest BCUT2D eigenvalue weighted by atomic mass is 9.74. The van der Waals surface area contributed by atoms with Crippen molar-refractivity contribution >= 4 is 0 Å². The third kappa shape index (κ3) is 4.59. The molecule has 1 unspecified atom stereocenters. The number of aromatic nitrogens is 2. The molecule has 1 saturated carbocycles.